The van der Waals surface area contributed by atoms with Crippen molar-refractivity contribution >= 4 is 35.3 Å². The van der Waals surface area contributed by atoms with E-state index in [1.807, 2.05) is 4.57 Å². The summed E-state index contributed by atoms with van der Waals surface area (Å²) in [5.74, 6) is 0.408. The first-order chi connectivity index (χ1) is 10.6. The number of amides is 1. The molecule has 2 fully saturated rings. The standard InChI is InChI=1S/C15H23N3O2S2/c16-13-12(14(19)17-10-5-2-1-3-6-10)22-15(21)18(13)9-11-7-4-8-20-11/h10-11H,1-9,16H2,(H,17,19)/t11-/m1/s1. The molecule has 0 radical (unpaired) electrons. The number of hydrogen-bond donors (Lipinski definition) is 2. The van der Waals surface area contributed by atoms with Crippen LogP contribution in [0.1, 0.15) is 54.6 Å². The van der Waals surface area contributed by atoms with E-state index in [1.54, 1.807) is 0 Å². The van der Waals surface area contributed by atoms with Crippen LogP contribution in [-0.4, -0.2) is 29.2 Å². The van der Waals surface area contributed by atoms with Crippen LogP contribution in [0, 0.1) is 3.95 Å². The van der Waals surface area contributed by atoms with E-state index in [0.717, 1.165) is 32.3 Å². The highest BCUT2D eigenvalue weighted by molar-refractivity contribution is 7.73. The van der Waals surface area contributed by atoms with Crippen LogP contribution in [0.25, 0.3) is 0 Å². The lowest BCUT2D eigenvalue weighted by molar-refractivity contribution is 0.0926. The minimum Gasteiger partial charge on any atom is -0.384 e. The van der Waals surface area contributed by atoms with Gasteiger partial charge in [0, 0.05) is 12.6 Å². The van der Waals surface area contributed by atoms with Crippen LogP contribution < -0.4 is 11.1 Å². The molecule has 7 heteroatoms. The zero-order chi connectivity index (χ0) is 15.5. The molecule has 3 rings (SSSR count). The Hall–Kier alpha value is -0.920. The summed E-state index contributed by atoms with van der Waals surface area (Å²) in [6.07, 6.45) is 8.05. The van der Waals surface area contributed by atoms with E-state index in [4.69, 9.17) is 22.7 Å². The molecule has 1 saturated heterocycles. The van der Waals surface area contributed by atoms with Crippen molar-refractivity contribution in [2.75, 3.05) is 12.3 Å². The number of thiazole rings is 1. The van der Waals surface area contributed by atoms with Crippen LogP contribution in [0.4, 0.5) is 5.82 Å². The fraction of sp³-hybridized carbons (Fsp3) is 0.733. The number of hydrogen-bond acceptors (Lipinski definition) is 5. The summed E-state index contributed by atoms with van der Waals surface area (Å²) in [6.45, 7) is 1.45. The van der Waals surface area contributed by atoms with Crippen molar-refractivity contribution in [3.8, 4) is 0 Å². The van der Waals surface area contributed by atoms with Crippen molar-refractivity contribution in [1.29, 1.82) is 0 Å². The van der Waals surface area contributed by atoms with Gasteiger partial charge in [0.1, 0.15) is 10.7 Å². The fourth-order valence-electron chi connectivity index (χ4n) is 3.24. The molecule has 0 aromatic carbocycles. The normalized spacial score (nSPS) is 22.8. The molecule has 22 heavy (non-hydrogen) atoms. The van der Waals surface area contributed by atoms with E-state index in [2.05, 4.69) is 5.32 Å². The van der Waals surface area contributed by atoms with Gasteiger partial charge in [-0.05, 0) is 37.9 Å². The average Bonchev–Trinajstić information content (AvgIpc) is 3.12. The van der Waals surface area contributed by atoms with E-state index < -0.39 is 0 Å². The lowest BCUT2D eigenvalue weighted by atomic mass is 9.95. The summed E-state index contributed by atoms with van der Waals surface area (Å²) in [5.41, 5.74) is 6.18. The van der Waals surface area contributed by atoms with Crippen molar-refractivity contribution in [3.05, 3.63) is 8.83 Å². The molecule has 1 aromatic rings. The second-order valence-corrected chi connectivity index (χ2v) is 7.78. The smallest absolute Gasteiger partial charge is 0.265 e. The Morgan fingerprint density at radius 1 is 1.32 bits per heavy atom. The van der Waals surface area contributed by atoms with Crippen LogP contribution in [0.5, 0.6) is 0 Å². The third kappa shape index (κ3) is 3.52. The molecule has 1 aliphatic heterocycles. The molecule has 0 spiro atoms. The first-order valence-electron chi connectivity index (χ1n) is 8.06. The first kappa shape index (κ1) is 16.0. The molecule has 5 nitrogen and oxygen atoms in total. The number of ether oxygens (including phenoxy) is 1. The second kappa shape index (κ2) is 7.10. The van der Waals surface area contributed by atoms with E-state index in [0.29, 0.717) is 21.2 Å². The van der Waals surface area contributed by atoms with Gasteiger partial charge >= 0.3 is 0 Å². The molecule has 1 atom stereocenters. The molecule has 1 saturated carbocycles. The Morgan fingerprint density at radius 3 is 2.77 bits per heavy atom. The maximum atomic E-state index is 12.5. The Bertz CT molecular complexity index is 584. The van der Waals surface area contributed by atoms with Gasteiger partial charge in [-0.3, -0.25) is 4.79 Å². The number of nitrogen functional groups attached to an aromatic ring is 1. The molecule has 122 valence electrons. The predicted molar refractivity (Wildman–Crippen MR) is 90.9 cm³/mol. The number of aromatic nitrogens is 1. The lowest BCUT2D eigenvalue weighted by Crippen LogP contribution is -2.36. The van der Waals surface area contributed by atoms with Crippen molar-refractivity contribution < 1.29 is 9.53 Å². The molecular formula is C15H23N3O2S2. The van der Waals surface area contributed by atoms with Crippen molar-refractivity contribution in [1.82, 2.24) is 9.88 Å². The highest BCUT2D eigenvalue weighted by atomic mass is 32.1. The van der Waals surface area contributed by atoms with Gasteiger partial charge in [0.15, 0.2) is 3.95 Å². The number of nitrogens with one attached hydrogen (secondary N) is 1. The van der Waals surface area contributed by atoms with Gasteiger partial charge in [-0.1, -0.05) is 30.6 Å². The van der Waals surface area contributed by atoms with Crippen molar-refractivity contribution in [3.63, 3.8) is 0 Å². The minimum absolute atomic E-state index is 0.0772. The predicted octanol–water partition coefficient (Wildman–Crippen LogP) is 3.10. The van der Waals surface area contributed by atoms with Gasteiger partial charge < -0.3 is 20.4 Å². The van der Waals surface area contributed by atoms with E-state index in [1.165, 1.54) is 30.6 Å². The monoisotopic (exact) mass is 341 g/mol. The second-order valence-electron chi connectivity index (χ2n) is 6.14. The highest BCUT2D eigenvalue weighted by Gasteiger charge is 2.23. The highest BCUT2D eigenvalue weighted by Crippen LogP contribution is 2.26. The maximum Gasteiger partial charge on any atom is 0.265 e. The number of carbonyl (C=O) groups is 1. The molecule has 2 aliphatic rings. The number of carbonyl (C=O) groups excluding carboxylic acids is 1. The third-order valence-electron chi connectivity index (χ3n) is 4.49. The maximum absolute atomic E-state index is 12.5. The molecule has 2 heterocycles. The van der Waals surface area contributed by atoms with E-state index in [9.17, 15) is 4.79 Å². The quantitative estimate of drug-likeness (QED) is 0.826. The van der Waals surface area contributed by atoms with Gasteiger partial charge in [-0.2, -0.15) is 0 Å². The van der Waals surface area contributed by atoms with Gasteiger partial charge in [0.05, 0.1) is 12.6 Å². The Morgan fingerprint density at radius 2 is 2.09 bits per heavy atom. The number of rotatable bonds is 4. The lowest BCUT2D eigenvalue weighted by Gasteiger charge is -2.22. The summed E-state index contributed by atoms with van der Waals surface area (Å²) in [4.78, 5) is 13.0. The van der Waals surface area contributed by atoms with Crippen LogP contribution in [-0.2, 0) is 11.3 Å². The molecule has 1 amide bonds. The molecule has 1 aromatic heterocycles. The SMILES string of the molecule is Nc1c(C(=O)NC2CCCCC2)sc(=S)n1C[C@H]1CCCO1. The summed E-state index contributed by atoms with van der Waals surface area (Å²) >= 11 is 6.69. The van der Waals surface area contributed by atoms with Gasteiger partial charge in [0.2, 0.25) is 0 Å². The first-order valence-corrected chi connectivity index (χ1v) is 9.29. The minimum atomic E-state index is -0.0772. The number of anilines is 1. The van der Waals surface area contributed by atoms with Gasteiger partial charge in [-0.25, -0.2) is 0 Å². The molecule has 0 bridgehead atoms. The van der Waals surface area contributed by atoms with Crippen LogP contribution in [0.2, 0.25) is 0 Å². The third-order valence-corrected chi connectivity index (χ3v) is 5.95. The van der Waals surface area contributed by atoms with Crippen molar-refractivity contribution in [2.24, 2.45) is 0 Å². The molecule has 3 N–H and O–H groups in total. The zero-order valence-corrected chi connectivity index (χ0v) is 14.3. The number of nitrogens with two attached hydrogens (primary N) is 1. The van der Waals surface area contributed by atoms with Crippen LogP contribution >= 0.6 is 23.6 Å². The van der Waals surface area contributed by atoms with E-state index >= 15 is 0 Å². The Labute approximate surface area is 139 Å². The summed E-state index contributed by atoms with van der Waals surface area (Å²) in [6, 6.07) is 0.280. The molecule has 1 aliphatic carbocycles. The average molecular weight is 342 g/mol. The summed E-state index contributed by atoms with van der Waals surface area (Å²) in [5, 5.41) is 3.11. The number of nitrogens with zero attached hydrogens (tertiary/aromatic N) is 1. The zero-order valence-electron chi connectivity index (χ0n) is 12.7. The van der Waals surface area contributed by atoms with Gasteiger partial charge in [0.25, 0.3) is 5.91 Å². The molecular weight excluding hydrogens is 318 g/mol. The van der Waals surface area contributed by atoms with Crippen LogP contribution in [0.15, 0.2) is 0 Å². The van der Waals surface area contributed by atoms with Gasteiger partial charge in [-0.15, -0.1) is 0 Å². The van der Waals surface area contributed by atoms with Crippen LogP contribution in [0.3, 0.4) is 0 Å². The fourth-order valence-corrected chi connectivity index (χ4v) is 4.49. The van der Waals surface area contributed by atoms with E-state index in [-0.39, 0.29) is 18.1 Å². The Kier molecular flexibility index (Phi) is 5.15. The Balaban J connectivity index is 1.70. The summed E-state index contributed by atoms with van der Waals surface area (Å²) < 4.78 is 8.15. The topological polar surface area (TPSA) is 69.3 Å². The molecule has 0 unspecified atom stereocenters. The van der Waals surface area contributed by atoms with Crippen molar-refractivity contribution in [2.45, 2.75) is 63.6 Å². The largest absolute Gasteiger partial charge is 0.384 e. The summed E-state index contributed by atoms with van der Waals surface area (Å²) in [7, 11) is 0.